The van der Waals surface area contributed by atoms with Crippen LogP contribution in [0, 0.1) is 6.92 Å². The van der Waals surface area contributed by atoms with Crippen LogP contribution in [0.4, 0.5) is 10.1 Å². The topological polar surface area (TPSA) is 50.1 Å². The lowest BCUT2D eigenvalue weighted by Crippen LogP contribution is -2.05. The van der Waals surface area contributed by atoms with Crippen LogP contribution in [0.15, 0.2) is 30.5 Å². The van der Waals surface area contributed by atoms with Gasteiger partial charge in [-0.3, -0.25) is 4.68 Å². The molecular weight excluding hydrogens is 233 g/mol. The minimum absolute atomic E-state index is 0.263. The van der Waals surface area contributed by atoms with E-state index in [9.17, 15) is 9.50 Å². The van der Waals surface area contributed by atoms with Gasteiger partial charge in [-0.2, -0.15) is 5.10 Å². The smallest absolute Gasteiger partial charge is 0.120 e. The summed E-state index contributed by atoms with van der Waals surface area (Å²) in [6.07, 6.45) is 1.67. The Morgan fingerprint density at radius 3 is 2.89 bits per heavy atom. The number of rotatable bonds is 5. The highest BCUT2D eigenvalue weighted by atomic mass is 19.1. The fourth-order valence-electron chi connectivity index (χ4n) is 1.78. The van der Waals surface area contributed by atoms with Crippen LogP contribution in [0.25, 0.3) is 0 Å². The average molecular weight is 249 g/mol. The second kappa shape index (κ2) is 5.53. The number of nitrogens with zero attached hydrogens (tertiary/aromatic N) is 2. The molecule has 2 N–H and O–H groups in total. The van der Waals surface area contributed by atoms with E-state index in [4.69, 9.17) is 0 Å². The minimum Gasteiger partial charge on any atom is -0.508 e. The first-order chi connectivity index (χ1) is 8.72. The summed E-state index contributed by atoms with van der Waals surface area (Å²) in [5.74, 6) is 0.263. The van der Waals surface area contributed by atoms with Crippen molar-refractivity contribution in [1.82, 2.24) is 9.78 Å². The molecule has 18 heavy (non-hydrogen) atoms. The lowest BCUT2D eigenvalue weighted by Gasteiger charge is -2.08. The molecule has 1 aromatic heterocycles. The number of anilines is 1. The Bertz CT molecular complexity index is 525. The van der Waals surface area contributed by atoms with E-state index in [0.29, 0.717) is 6.54 Å². The summed E-state index contributed by atoms with van der Waals surface area (Å²) in [5.41, 5.74) is 2.56. The van der Waals surface area contributed by atoms with Crippen LogP contribution in [0.2, 0.25) is 0 Å². The van der Waals surface area contributed by atoms with Crippen LogP contribution in [-0.2, 0) is 13.1 Å². The molecule has 0 aliphatic heterocycles. The summed E-state index contributed by atoms with van der Waals surface area (Å²) in [7, 11) is 0. The molecule has 0 spiro atoms. The van der Waals surface area contributed by atoms with Gasteiger partial charge in [-0.25, -0.2) is 4.39 Å². The highest BCUT2D eigenvalue weighted by Crippen LogP contribution is 2.19. The zero-order valence-corrected chi connectivity index (χ0v) is 10.2. The summed E-state index contributed by atoms with van der Waals surface area (Å²) < 4.78 is 13.9. The Labute approximate surface area is 105 Å². The van der Waals surface area contributed by atoms with Gasteiger partial charge in [-0.05, 0) is 13.0 Å². The molecule has 0 bridgehead atoms. The third-order valence-electron chi connectivity index (χ3n) is 2.86. The van der Waals surface area contributed by atoms with Crippen molar-refractivity contribution < 1.29 is 9.50 Å². The molecule has 0 radical (unpaired) electrons. The lowest BCUT2D eigenvalue weighted by atomic mass is 10.2. The lowest BCUT2D eigenvalue weighted by molar-refractivity contribution is 0.423. The fourth-order valence-corrected chi connectivity index (χ4v) is 1.78. The first kappa shape index (κ1) is 12.4. The predicted octanol–water partition coefficient (Wildman–Crippen LogP) is 2.48. The number of benzene rings is 1. The number of para-hydroxylation sites is 1. The van der Waals surface area contributed by atoms with Crippen molar-refractivity contribution in [2.45, 2.75) is 20.0 Å². The van der Waals surface area contributed by atoms with Crippen molar-refractivity contribution in [3.8, 4) is 5.75 Å². The molecular formula is C13H16FN3O. The average Bonchev–Trinajstić information content (AvgIpc) is 2.71. The van der Waals surface area contributed by atoms with Crippen molar-refractivity contribution in [3.63, 3.8) is 0 Å². The molecule has 0 amide bonds. The van der Waals surface area contributed by atoms with Gasteiger partial charge in [0.25, 0.3) is 0 Å². The molecule has 0 fully saturated rings. The largest absolute Gasteiger partial charge is 0.508 e. The summed E-state index contributed by atoms with van der Waals surface area (Å²) in [5, 5.41) is 16.9. The fraction of sp³-hybridized carbons (Fsp3) is 0.308. The molecule has 0 saturated heterocycles. The molecule has 2 rings (SSSR count). The SMILES string of the molecule is Cc1c(NCc2ccccc2O)cnn1CCF. The van der Waals surface area contributed by atoms with Gasteiger partial charge in [0, 0.05) is 12.1 Å². The van der Waals surface area contributed by atoms with Gasteiger partial charge in [-0.15, -0.1) is 0 Å². The van der Waals surface area contributed by atoms with E-state index in [1.54, 1.807) is 23.0 Å². The molecule has 0 unspecified atom stereocenters. The van der Waals surface area contributed by atoms with Crippen LogP contribution in [0.1, 0.15) is 11.3 Å². The number of alkyl halides is 1. The molecule has 4 nitrogen and oxygen atoms in total. The van der Waals surface area contributed by atoms with Crippen molar-refractivity contribution in [2.75, 3.05) is 12.0 Å². The molecule has 0 aliphatic rings. The second-order valence-electron chi connectivity index (χ2n) is 4.04. The van der Waals surface area contributed by atoms with E-state index in [-0.39, 0.29) is 12.3 Å². The standard InChI is InChI=1S/C13H16FN3O/c1-10-12(9-16-17(10)7-6-14)15-8-11-4-2-3-5-13(11)18/h2-5,9,15,18H,6-8H2,1H3. The molecule has 5 heteroatoms. The summed E-state index contributed by atoms with van der Waals surface area (Å²) >= 11 is 0. The van der Waals surface area contributed by atoms with Gasteiger partial charge in [0.15, 0.2) is 0 Å². The Kier molecular flexibility index (Phi) is 3.82. The highest BCUT2D eigenvalue weighted by molar-refractivity contribution is 5.47. The zero-order chi connectivity index (χ0) is 13.0. The minimum atomic E-state index is -0.429. The quantitative estimate of drug-likeness (QED) is 0.856. The normalized spacial score (nSPS) is 10.6. The molecule has 96 valence electrons. The van der Waals surface area contributed by atoms with Gasteiger partial charge in [0.05, 0.1) is 24.1 Å². The van der Waals surface area contributed by atoms with E-state index >= 15 is 0 Å². The van der Waals surface area contributed by atoms with E-state index in [1.165, 1.54) is 0 Å². The Morgan fingerprint density at radius 1 is 1.39 bits per heavy atom. The number of phenols is 1. The van der Waals surface area contributed by atoms with Crippen LogP contribution < -0.4 is 5.32 Å². The number of nitrogens with one attached hydrogen (secondary N) is 1. The first-order valence-corrected chi connectivity index (χ1v) is 5.81. The van der Waals surface area contributed by atoms with Crippen molar-refractivity contribution in [1.29, 1.82) is 0 Å². The van der Waals surface area contributed by atoms with Gasteiger partial charge in [-0.1, -0.05) is 18.2 Å². The van der Waals surface area contributed by atoms with Crippen LogP contribution >= 0.6 is 0 Å². The van der Waals surface area contributed by atoms with Crippen molar-refractivity contribution in [3.05, 3.63) is 41.7 Å². The van der Waals surface area contributed by atoms with Crippen LogP contribution in [0.5, 0.6) is 5.75 Å². The third kappa shape index (κ3) is 2.61. The van der Waals surface area contributed by atoms with E-state index < -0.39 is 6.67 Å². The molecule has 1 heterocycles. The molecule has 1 aromatic carbocycles. The number of hydrogen-bond donors (Lipinski definition) is 2. The second-order valence-corrected chi connectivity index (χ2v) is 4.04. The van der Waals surface area contributed by atoms with Crippen molar-refractivity contribution >= 4 is 5.69 Å². The number of aromatic nitrogens is 2. The molecule has 0 saturated carbocycles. The van der Waals surface area contributed by atoms with Crippen LogP contribution in [0.3, 0.4) is 0 Å². The summed E-state index contributed by atoms with van der Waals surface area (Å²) in [4.78, 5) is 0. The Balaban J connectivity index is 2.05. The number of aryl methyl sites for hydroxylation is 1. The molecule has 0 atom stereocenters. The first-order valence-electron chi connectivity index (χ1n) is 5.81. The van der Waals surface area contributed by atoms with Gasteiger partial charge < -0.3 is 10.4 Å². The number of aromatic hydroxyl groups is 1. The maximum Gasteiger partial charge on any atom is 0.120 e. The Morgan fingerprint density at radius 2 is 2.17 bits per heavy atom. The number of hydrogen-bond acceptors (Lipinski definition) is 3. The summed E-state index contributed by atoms with van der Waals surface area (Å²) in [6, 6.07) is 7.15. The highest BCUT2D eigenvalue weighted by Gasteiger charge is 2.06. The molecule has 0 aliphatic carbocycles. The van der Waals surface area contributed by atoms with E-state index in [1.807, 2.05) is 19.1 Å². The Hall–Kier alpha value is -2.04. The number of phenolic OH excluding ortho intramolecular Hbond substituents is 1. The third-order valence-corrected chi connectivity index (χ3v) is 2.86. The number of halogens is 1. The van der Waals surface area contributed by atoms with Gasteiger partial charge >= 0.3 is 0 Å². The van der Waals surface area contributed by atoms with E-state index in [2.05, 4.69) is 10.4 Å². The van der Waals surface area contributed by atoms with E-state index in [0.717, 1.165) is 16.9 Å². The van der Waals surface area contributed by atoms with Gasteiger partial charge in [0.2, 0.25) is 0 Å². The van der Waals surface area contributed by atoms with Crippen molar-refractivity contribution in [2.24, 2.45) is 0 Å². The summed E-state index contributed by atoms with van der Waals surface area (Å²) in [6.45, 7) is 2.23. The zero-order valence-electron chi connectivity index (χ0n) is 10.2. The predicted molar refractivity (Wildman–Crippen MR) is 68.4 cm³/mol. The van der Waals surface area contributed by atoms with Gasteiger partial charge in [0.1, 0.15) is 12.4 Å². The monoisotopic (exact) mass is 249 g/mol. The van der Waals surface area contributed by atoms with Crippen LogP contribution in [-0.4, -0.2) is 21.6 Å². The maximum absolute atomic E-state index is 12.3. The maximum atomic E-state index is 12.3. The molecule has 2 aromatic rings.